The molecule has 156 valence electrons. The molecular formula is C23H25FN4OS. The number of aromatic nitrogens is 3. The minimum atomic E-state index is -0.383. The molecule has 3 rings (SSSR count). The Morgan fingerprint density at radius 1 is 1.23 bits per heavy atom. The van der Waals surface area contributed by atoms with E-state index in [9.17, 15) is 9.18 Å². The molecule has 2 aromatic carbocycles. The zero-order valence-electron chi connectivity index (χ0n) is 17.3. The average molecular weight is 425 g/mol. The molecule has 0 radical (unpaired) electrons. The number of halogens is 1. The van der Waals surface area contributed by atoms with Crippen molar-refractivity contribution >= 4 is 17.7 Å². The Hall–Kier alpha value is -2.93. The zero-order chi connectivity index (χ0) is 21.7. The first kappa shape index (κ1) is 21.8. The topological polar surface area (TPSA) is 59.8 Å². The quantitative estimate of drug-likeness (QED) is 0.411. The summed E-state index contributed by atoms with van der Waals surface area (Å²) >= 11 is 1.35. The third-order valence-electron chi connectivity index (χ3n) is 4.68. The van der Waals surface area contributed by atoms with Gasteiger partial charge in [-0.05, 0) is 44.5 Å². The Bertz CT molecular complexity index is 1030. The maximum Gasteiger partial charge on any atom is 0.233 e. The monoisotopic (exact) mass is 424 g/mol. The van der Waals surface area contributed by atoms with Crippen molar-refractivity contribution in [2.75, 3.05) is 0 Å². The first-order valence-electron chi connectivity index (χ1n) is 9.72. The zero-order valence-corrected chi connectivity index (χ0v) is 18.1. The molecule has 30 heavy (non-hydrogen) atoms. The van der Waals surface area contributed by atoms with Crippen LogP contribution >= 0.6 is 11.8 Å². The smallest absolute Gasteiger partial charge is 0.233 e. The number of nitrogens with one attached hydrogen (secondary N) is 1. The summed E-state index contributed by atoms with van der Waals surface area (Å²) in [4.78, 5) is 12.7. The van der Waals surface area contributed by atoms with Crippen LogP contribution in [-0.4, -0.2) is 25.9 Å². The Balaban J connectivity index is 1.74. The van der Waals surface area contributed by atoms with E-state index in [1.54, 1.807) is 18.2 Å². The summed E-state index contributed by atoms with van der Waals surface area (Å²) in [6.07, 6.45) is 1.79. The number of nitrogens with zero attached hydrogens (tertiary/aromatic N) is 3. The number of carbonyl (C=O) groups excluding carboxylic acids is 1. The summed E-state index contributed by atoms with van der Waals surface area (Å²) < 4.78 is 15.1. The molecule has 0 saturated carbocycles. The van der Waals surface area contributed by atoms with E-state index < -0.39 is 0 Å². The lowest BCUT2D eigenvalue weighted by atomic mass is 10.1. The van der Waals surface area contributed by atoms with Crippen LogP contribution in [0.1, 0.15) is 31.0 Å². The van der Waals surface area contributed by atoms with Gasteiger partial charge in [0, 0.05) is 12.1 Å². The number of hydrogen-bond acceptors (Lipinski definition) is 4. The number of hydrogen-bond donors (Lipinski definition) is 1. The van der Waals surface area contributed by atoms with Gasteiger partial charge in [-0.3, -0.25) is 9.36 Å². The molecule has 1 aromatic heterocycles. The predicted molar refractivity (Wildman–Crippen MR) is 119 cm³/mol. The van der Waals surface area contributed by atoms with Crippen LogP contribution in [0.3, 0.4) is 0 Å². The van der Waals surface area contributed by atoms with Gasteiger partial charge in [0.15, 0.2) is 11.0 Å². The highest BCUT2D eigenvalue weighted by Crippen LogP contribution is 2.28. The molecule has 0 aliphatic heterocycles. The van der Waals surface area contributed by atoms with Crippen molar-refractivity contribution in [1.82, 2.24) is 20.1 Å². The summed E-state index contributed by atoms with van der Waals surface area (Å²) in [5.74, 6) is 0.322. The van der Waals surface area contributed by atoms with E-state index in [2.05, 4.69) is 28.2 Å². The molecule has 2 atom stereocenters. The summed E-state index contributed by atoms with van der Waals surface area (Å²) in [6, 6.07) is 14.0. The molecule has 0 saturated heterocycles. The first-order chi connectivity index (χ1) is 14.4. The van der Waals surface area contributed by atoms with Crippen LogP contribution in [0.25, 0.3) is 11.4 Å². The second-order valence-electron chi connectivity index (χ2n) is 7.12. The summed E-state index contributed by atoms with van der Waals surface area (Å²) in [6.45, 7) is 10.1. The van der Waals surface area contributed by atoms with E-state index in [1.165, 1.54) is 23.9 Å². The van der Waals surface area contributed by atoms with Crippen LogP contribution in [0.5, 0.6) is 0 Å². The van der Waals surface area contributed by atoms with E-state index in [-0.39, 0.29) is 23.0 Å². The molecule has 7 heteroatoms. The SMILES string of the molecule is C=CCn1c(SC(C)C(=O)NC(C)c2ccc(F)cc2)nnc1-c1cccc(C)c1. The van der Waals surface area contributed by atoms with Crippen molar-refractivity contribution in [3.05, 3.63) is 78.1 Å². The third kappa shape index (κ3) is 5.16. The van der Waals surface area contributed by atoms with Crippen LogP contribution < -0.4 is 5.32 Å². The number of thioether (sulfide) groups is 1. The summed E-state index contributed by atoms with van der Waals surface area (Å²) in [5.41, 5.74) is 2.95. The molecular weight excluding hydrogens is 399 g/mol. The Morgan fingerprint density at radius 3 is 2.63 bits per heavy atom. The van der Waals surface area contributed by atoms with E-state index >= 15 is 0 Å². The molecule has 2 unspecified atom stereocenters. The maximum atomic E-state index is 13.1. The number of amides is 1. The van der Waals surface area contributed by atoms with Gasteiger partial charge in [-0.25, -0.2) is 4.39 Å². The average Bonchev–Trinajstić information content (AvgIpc) is 3.11. The molecule has 3 aromatic rings. The Labute approximate surface area is 180 Å². The minimum Gasteiger partial charge on any atom is -0.349 e. The fraction of sp³-hybridized carbons (Fsp3) is 0.261. The number of allylic oxidation sites excluding steroid dienone is 1. The Kier molecular flexibility index (Phi) is 7.05. The second-order valence-corrected chi connectivity index (χ2v) is 8.42. The van der Waals surface area contributed by atoms with Gasteiger partial charge in [0.05, 0.1) is 11.3 Å². The van der Waals surface area contributed by atoms with Gasteiger partial charge >= 0.3 is 0 Å². The molecule has 1 N–H and O–H groups in total. The lowest BCUT2D eigenvalue weighted by Crippen LogP contribution is -2.33. The lowest BCUT2D eigenvalue weighted by Gasteiger charge is -2.18. The number of aryl methyl sites for hydroxylation is 1. The van der Waals surface area contributed by atoms with Crippen LogP contribution in [0.4, 0.5) is 4.39 Å². The minimum absolute atomic E-state index is 0.123. The molecule has 0 spiro atoms. The van der Waals surface area contributed by atoms with Gasteiger partial charge in [-0.1, -0.05) is 53.7 Å². The van der Waals surface area contributed by atoms with E-state index in [0.29, 0.717) is 11.7 Å². The van der Waals surface area contributed by atoms with Crippen molar-refractivity contribution < 1.29 is 9.18 Å². The van der Waals surface area contributed by atoms with Crippen molar-refractivity contribution in [3.8, 4) is 11.4 Å². The molecule has 0 bridgehead atoms. The van der Waals surface area contributed by atoms with Crippen LogP contribution in [0.2, 0.25) is 0 Å². The number of rotatable bonds is 8. The lowest BCUT2D eigenvalue weighted by molar-refractivity contribution is -0.120. The maximum absolute atomic E-state index is 13.1. The fourth-order valence-electron chi connectivity index (χ4n) is 3.04. The van der Waals surface area contributed by atoms with Crippen LogP contribution in [-0.2, 0) is 11.3 Å². The molecule has 1 amide bonds. The highest BCUT2D eigenvalue weighted by atomic mass is 32.2. The number of carbonyl (C=O) groups is 1. The largest absolute Gasteiger partial charge is 0.349 e. The van der Waals surface area contributed by atoms with Crippen LogP contribution in [0.15, 0.2) is 66.3 Å². The second kappa shape index (κ2) is 9.71. The summed E-state index contributed by atoms with van der Waals surface area (Å²) in [5, 5.41) is 11.9. The van der Waals surface area contributed by atoms with Gasteiger partial charge in [0.1, 0.15) is 5.82 Å². The highest BCUT2D eigenvalue weighted by Gasteiger charge is 2.22. The van der Waals surface area contributed by atoms with Crippen molar-refractivity contribution in [1.29, 1.82) is 0 Å². The van der Waals surface area contributed by atoms with Crippen molar-refractivity contribution in [2.24, 2.45) is 0 Å². The first-order valence-corrected chi connectivity index (χ1v) is 10.6. The molecule has 0 aliphatic rings. The fourth-order valence-corrected chi connectivity index (χ4v) is 3.91. The molecule has 0 aliphatic carbocycles. The van der Waals surface area contributed by atoms with Gasteiger partial charge < -0.3 is 5.32 Å². The number of benzene rings is 2. The molecule has 1 heterocycles. The van der Waals surface area contributed by atoms with Crippen molar-refractivity contribution in [2.45, 2.75) is 43.8 Å². The van der Waals surface area contributed by atoms with Crippen molar-refractivity contribution in [3.63, 3.8) is 0 Å². The van der Waals surface area contributed by atoms with E-state index in [1.807, 2.05) is 43.5 Å². The van der Waals surface area contributed by atoms with Crippen LogP contribution in [0, 0.1) is 12.7 Å². The standard InChI is InChI=1S/C23H25FN4OS/c1-5-13-28-21(19-8-6-7-15(2)14-19)26-27-23(28)30-17(4)22(29)25-16(3)18-9-11-20(24)12-10-18/h5-12,14,16-17H,1,13H2,2-4H3,(H,25,29). The molecule has 0 fully saturated rings. The predicted octanol–water partition coefficient (Wildman–Crippen LogP) is 4.94. The van der Waals surface area contributed by atoms with E-state index in [0.717, 1.165) is 22.5 Å². The van der Waals surface area contributed by atoms with E-state index in [4.69, 9.17) is 0 Å². The normalized spacial score (nSPS) is 12.9. The van der Waals surface area contributed by atoms with Gasteiger partial charge in [0.25, 0.3) is 0 Å². The highest BCUT2D eigenvalue weighted by molar-refractivity contribution is 8.00. The third-order valence-corrected chi connectivity index (χ3v) is 5.77. The Morgan fingerprint density at radius 2 is 1.97 bits per heavy atom. The molecule has 5 nitrogen and oxygen atoms in total. The van der Waals surface area contributed by atoms with Gasteiger partial charge in [-0.2, -0.15) is 0 Å². The van der Waals surface area contributed by atoms with Gasteiger partial charge in [0.2, 0.25) is 5.91 Å². The van der Waals surface area contributed by atoms with Gasteiger partial charge in [-0.15, -0.1) is 16.8 Å². The summed E-state index contributed by atoms with van der Waals surface area (Å²) in [7, 11) is 0.